The molecule has 1 aromatic carbocycles. The fraction of sp³-hybridized carbons (Fsp3) is 0.250. The fourth-order valence-corrected chi connectivity index (χ4v) is 1.40. The second-order valence-corrected chi connectivity index (χ2v) is 3.84. The molecule has 6 nitrogen and oxygen atoms in total. The minimum atomic E-state index is -4.49. The first-order valence-corrected chi connectivity index (χ1v) is 4.73. The van der Waals surface area contributed by atoms with Crippen LogP contribution in [0.15, 0.2) is 12.1 Å². The van der Waals surface area contributed by atoms with Gasteiger partial charge in [0, 0.05) is 6.07 Å². The van der Waals surface area contributed by atoms with E-state index in [2.05, 4.69) is 9.47 Å². The number of hydrogen-bond donors (Lipinski definition) is 1. The van der Waals surface area contributed by atoms with Crippen LogP contribution in [-0.4, -0.2) is 16.3 Å². The van der Waals surface area contributed by atoms with E-state index in [9.17, 15) is 23.3 Å². The number of rotatable bonds is 1. The first-order chi connectivity index (χ1) is 8.14. The van der Waals surface area contributed by atoms with Crippen molar-refractivity contribution in [2.24, 2.45) is 0 Å². The zero-order valence-electron chi connectivity index (χ0n) is 8.32. The maximum Gasteiger partial charge on any atom is 0.488 e. The van der Waals surface area contributed by atoms with Gasteiger partial charge in [-0.3, -0.25) is 10.1 Å². The summed E-state index contributed by atoms with van der Waals surface area (Å²) in [6.07, 6.45) is -4.49. The highest BCUT2D eigenvalue weighted by Gasteiger charge is 2.63. The summed E-state index contributed by atoms with van der Waals surface area (Å²) in [4.78, 5) is 9.63. The van der Waals surface area contributed by atoms with Crippen molar-refractivity contribution in [2.75, 3.05) is 5.73 Å². The molecule has 2 rings (SSSR count). The molecule has 1 heterocycles. The van der Waals surface area contributed by atoms with Crippen LogP contribution in [0.1, 0.15) is 0 Å². The van der Waals surface area contributed by atoms with Crippen molar-refractivity contribution >= 4 is 23.0 Å². The van der Waals surface area contributed by atoms with Crippen LogP contribution >= 0.6 is 11.6 Å². The molecule has 18 heavy (non-hydrogen) atoms. The second kappa shape index (κ2) is 3.55. The topological polar surface area (TPSA) is 87.6 Å². The number of hydrogen-bond acceptors (Lipinski definition) is 5. The van der Waals surface area contributed by atoms with Gasteiger partial charge in [0.1, 0.15) is 5.69 Å². The van der Waals surface area contributed by atoms with Gasteiger partial charge in [0.15, 0.2) is 11.5 Å². The molecule has 0 fully saturated rings. The monoisotopic (exact) mass is 284 g/mol. The average molecular weight is 285 g/mol. The van der Waals surface area contributed by atoms with Crippen molar-refractivity contribution in [3.05, 3.63) is 22.2 Å². The van der Waals surface area contributed by atoms with Crippen LogP contribution in [0.5, 0.6) is 11.5 Å². The van der Waals surface area contributed by atoms with Crippen LogP contribution in [0.4, 0.5) is 24.5 Å². The Morgan fingerprint density at radius 1 is 1.28 bits per heavy atom. The van der Waals surface area contributed by atoms with Gasteiger partial charge in [0.2, 0.25) is 0 Å². The van der Waals surface area contributed by atoms with Gasteiger partial charge in [0.25, 0.3) is 5.69 Å². The van der Waals surface area contributed by atoms with Crippen molar-refractivity contribution in [1.29, 1.82) is 0 Å². The van der Waals surface area contributed by atoms with Gasteiger partial charge >= 0.3 is 11.4 Å². The molecule has 0 unspecified atom stereocenters. The van der Waals surface area contributed by atoms with Gasteiger partial charge in [0.05, 0.1) is 11.0 Å². The first-order valence-electron chi connectivity index (χ1n) is 4.35. The van der Waals surface area contributed by atoms with E-state index < -0.39 is 39.2 Å². The van der Waals surface area contributed by atoms with Crippen molar-refractivity contribution in [2.45, 2.75) is 11.4 Å². The normalized spacial score (nSPS) is 24.7. The van der Waals surface area contributed by atoms with Crippen LogP contribution < -0.4 is 15.2 Å². The largest absolute Gasteiger partial charge is 0.488 e. The van der Waals surface area contributed by atoms with Gasteiger partial charge < -0.3 is 15.2 Å². The molecule has 0 amide bonds. The van der Waals surface area contributed by atoms with Gasteiger partial charge in [-0.25, -0.2) is 0 Å². The van der Waals surface area contributed by atoms with E-state index in [1.165, 1.54) is 0 Å². The third-order valence-electron chi connectivity index (χ3n) is 2.10. The molecule has 1 aliphatic heterocycles. The molecule has 1 aliphatic rings. The molecule has 0 saturated carbocycles. The number of nitrogens with two attached hydrogens (primary N) is 1. The maximum absolute atomic E-state index is 13.2. The van der Waals surface area contributed by atoms with E-state index in [0.717, 1.165) is 6.07 Å². The number of anilines is 1. The zero-order valence-corrected chi connectivity index (χ0v) is 9.08. The van der Waals surface area contributed by atoms with E-state index >= 15 is 0 Å². The first kappa shape index (κ1) is 12.6. The Bertz CT molecular complexity index is 537. The van der Waals surface area contributed by atoms with E-state index in [1.807, 2.05) is 0 Å². The number of fused-ring (bicyclic) bond motifs is 1. The Morgan fingerprint density at radius 2 is 1.83 bits per heavy atom. The SMILES string of the molecule is Nc1cc2c(cc1[N+](=O)[O-])OC(F)(F)[C@@](F)(Cl)O2. The van der Waals surface area contributed by atoms with E-state index in [4.69, 9.17) is 17.3 Å². The number of ether oxygens (including phenoxy) is 2. The molecular weight excluding hydrogens is 281 g/mol. The highest BCUT2D eigenvalue weighted by Crippen LogP contribution is 2.50. The number of alkyl halides is 4. The van der Waals surface area contributed by atoms with Crippen molar-refractivity contribution in [1.82, 2.24) is 0 Å². The summed E-state index contributed by atoms with van der Waals surface area (Å²) in [5.74, 6) is -1.28. The van der Waals surface area contributed by atoms with Gasteiger partial charge in [-0.15, -0.1) is 0 Å². The molecule has 0 aromatic heterocycles. The lowest BCUT2D eigenvalue weighted by molar-refractivity contribution is -0.384. The number of nitro groups is 1. The Kier molecular flexibility index (Phi) is 2.47. The van der Waals surface area contributed by atoms with Gasteiger partial charge in [-0.2, -0.15) is 13.2 Å². The van der Waals surface area contributed by atoms with E-state index in [1.54, 1.807) is 0 Å². The lowest BCUT2D eigenvalue weighted by Gasteiger charge is -2.33. The Balaban J connectivity index is 2.55. The third kappa shape index (κ3) is 1.76. The fourth-order valence-electron chi connectivity index (χ4n) is 1.28. The summed E-state index contributed by atoms with van der Waals surface area (Å²) in [6, 6.07) is 1.38. The number of benzene rings is 1. The molecule has 98 valence electrons. The average Bonchev–Trinajstić information content (AvgIpc) is 2.18. The van der Waals surface area contributed by atoms with Crippen LogP contribution in [0.3, 0.4) is 0 Å². The highest BCUT2D eigenvalue weighted by molar-refractivity contribution is 6.22. The number of nitrogen functional groups attached to an aromatic ring is 1. The molecule has 0 spiro atoms. The van der Waals surface area contributed by atoms with Crippen LogP contribution in [0, 0.1) is 10.1 Å². The molecule has 1 aromatic rings. The Labute approximate surface area is 102 Å². The molecule has 0 aliphatic carbocycles. The molecule has 0 bridgehead atoms. The maximum atomic E-state index is 13.2. The van der Waals surface area contributed by atoms with Crippen LogP contribution in [-0.2, 0) is 0 Å². The number of nitro benzene ring substituents is 1. The molecule has 0 radical (unpaired) electrons. The molecule has 0 saturated heterocycles. The molecule has 10 heteroatoms. The second-order valence-electron chi connectivity index (χ2n) is 3.35. The molecular formula is C8H4ClF3N2O4. The standard InChI is InChI=1S/C8H4ClF3N2O4/c9-7(10)8(11,12)18-6-2-4(14(15)16)3(13)1-5(6)17-7/h1-2H,13H2/t7-/m0/s1. The lowest BCUT2D eigenvalue weighted by Crippen LogP contribution is -2.51. The minimum absolute atomic E-state index is 0.403. The van der Waals surface area contributed by atoms with Gasteiger partial charge in [-0.1, -0.05) is 0 Å². The lowest BCUT2D eigenvalue weighted by atomic mass is 10.2. The zero-order chi connectivity index (χ0) is 13.7. The molecule has 1 atom stereocenters. The number of halogens is 4. The Hall–Kier alpha value is -1.90. The van der Waals surface area contributed by atoms with E-state index in [-0.39, 0.29) is 0 Å². The van der Waals surface area contributed by atoms with Crippen LogP contribution in [0.25, 0.3) is 0 Å². The predicted octanol–water partition coefficient (Wildman–Crippen LogP) is 2.40. The highest BCUT2D eigenvalue weighted by atomic mass is 35.5. The molecule has 2 N–H and O–H groups in total. The van der Waals surface area contributed by atoms with Crippen molar-refractivity contribution in [3.63, 3.8) is 0 Å². The minimum Gasteiger partial charge on any atom is -0.434 e. The summed E-state index contributed by atoms with van der Waals surface area (Å²) in [7, 11) is 0. The summed E-state index contributed by atoms with van der Waals surface area (Å²) >= 11 is 4.81. The van der Waals surface area contributed by atoms with Crippen molar-refractivity contribution in [3.8, 4) is 11.5 Å². The third-order valence-corrected chi connectivity index (χ3v) is 2.40. The van der Waals surface area contributed by atoms with Crippen LogP contribution in [0.2, 0.25) is 0 Å². The summed E-state index contributed by atoms with van der Waals surface area (Å²) in [6.45, 7) is 0. The van der Waals surface area contributed by atoms with Gasteiger partial charge in [-0.05, 0) is 11.6 Å². The summed E-state index contributed by atoms with van der Waals surface area (Å²) < 4.78 is 47.4. The smallest absolute Gasteiger partial charge is 0.434 e. The number of nitrogens with zero attached hydrogens (tertiary/aromatic N) is 1. The summed E-state index contributed by atoms with van der Waals surface area (Å²) in [5.41, 5.74) is 4.20. The van der Waals surface area contributed by atoms with E-state index in [0.29, 0.717) is 6.07 Å². The summed E-state index contributed by atoms with van der Waals surface area (Å²) in [5, 5.41) is 6.62. The van der Waals surface area contributed by atoms with Crippen molar-refractivity contribution < 1.29 is 27.6 Å². The quantitative estimate of drug-likeness (QED) is 0.370. The predicted molar refractivity (Wildman–Crippen MR) is 53.4 cm³/mol. The Morgan fingerprint density at radius 3 is 2.39 bits per heavy atom.